The third kappa shape index (κ3) is 4.99. The molecule has 0 aliphatic heterocycles. The largest absolute Gasteiger partial charge is 4.00 e. The van der Waals surface area contributed by atoms with Gasteiger partial charge in [0.15, 0.2) is 0 Å². The van der Waals surface area contributed by atoms with E-state index in [2.05, 4.69) is 84.9 Å². The summed E-state index contributed by atoms with van der Waals surface area (Å²) < 4.78 is 0. The molecule has 192 valence electrons. The van der Waals surface area contributed by atoms with E-state index in [4.69, 9.17) is 23.2 Å². The van der Waals surface area contributed by atoms with Crippen molar-refractivity contribution in [3.8, 4) is 22.3 Å². The average Bonchev–Trinajstić information content (AvgIpc) is 3.49. The smallest absolute Gasteiger partial charge is 0.358 e. The first-order valence-corrected chi connectivity index (χ1v) is 13.3. The van der Waals surface area contributed by atoms with Gasteiger partial charge in [0.25, 0.3) is 0 Å². The summed E-state index contributed by atoms with van der Waals surface area (Å²) in [5.74, 6) is 0. The summed E-state index contributed by atoms with van der Waals surface area (Å²) in [5.41, 5.74) is 7.90. The molecule has 0 radical (unpaired) electrons. The molecule has 7 rings (SSSR count). The Kier molecular flexibility index (Phi) is 8.76. The van der Waals surface area contributed by atoms with Gasteiger partial charge in [-0.2, -0.15) is 12.1 Å². The molecule has 0 spiro atoms. The minimum Gasteiger partial charge on any atom is -0.358 e. The van der Waals surface area contributed by atoms with Crippen molar-refractivity contribution in [1.29, 1.82) is 0 Å². The first-order chi connectivity index (χ1) is 17.6. The zero-order valence-corrected chi connectivity index (χ0v) is 27.4. The zero-order chi connectivity index (χ0) is 24.3. The van der Waals surface area contributed by atoms with Crippen molar-refractivity contribution in [2.75, 3.05) is 0 Å². The number of benzene rings is 4. The van der Waals surface area contributed by atoms with Crippen LogP contribution >= 0.6 is 23.2 Å². The summed E-state index contributed by atoms with van der Waals surface area (Å²) in [6.45, 7) is 0. The van der Waals surface area contributed by atoms with Gasteiger partial charge in [0.2, 0.25) is 0 Å². The summed E-state index contributed by atoms with van der Waals surface area (Å²) in [4.78, 5) is 0. The molecule has 0 N–H and O–H groups in total. The molecule has 0 atom stereocenters. The summed E-state index contributed by atoms with van der Waals surface area (Å²) in [7, 11) is 0. The van der Waals surface area contributed by atoms with Crippen LogP contribution in [0.3, 0.4) is 0 Å². The van der Waals surface area contributed by atoms with E-state index >= 15 is 0 Å². The fourth-order valence-corrected chi connectivity index (χ4v) is 6.31. The molecule has 0 amide bonds. The van der Waals surface area contributed by atoms with Crippen molar-refractivity contribution in [3.63, 3.8) is 0 Å². The van der Waals surface area contributed by atoms with Crippen LogP contribution in [0.15, 0.2) is 109 Å². The van der Waals surface area contributed by atoms with Gasteiger partial charge in [0.05, 0.1) is 0 Å². The molecule has 0 nitrogen and oxygen atoms in total. The molecule has 1 fully saturated rings. The number of fused-ring (bicyclic) bond motifs is 2. The Hall–Kier alpha value is -2.45. The van der Waals surface area contributed by atoms with Gasteiger partial charge < -0.3 is 14.9 Å². The molecule has 0 saturated heterocycles. The SMILES string of the molecule is Clc1ccc(-c2cccc3[cH-]c(C4(c5cc6c(-c7ccc(Cl)cc7)cccc6[cH-]5)CCC4)cc23)cc1.[CH3-].[CH3-].[Hf+4]. The molecular weight excluding hydrogens is 682 g/mol. The molecule has 1 aliphatic rings. The third-order valence-electron chi connectivity index (χ3n) is 8.12. The molecule has 0 bridgehead atoms. The van der Waals surface area contributed by atoms with Crippen LogP contribution in [0.1, 0.15) is 30.4 Å². The van der Waals surface area contributed by atoms with E-state index in [0.29, 0.717) is 0 Å². The Balaban J connectivity index is 0.00000118. The Morgan fingerprint density at radius 1 is 0.564 bits per heavy atom. The molecule has 1 aliphatic carbocycles. The van der Waals surface area contributed by atoms with E-state index in [0.717, 1.165) is 10.0 Å². The Labute approximate surface area is 261 Å². The molecule has 3 heteroatoms. The van der Waals surface area contributed by atoms with E-state index in [1.54, 1.807) is 0 Å². The predicted molar refractivity (Wildman–Crippen MR) is 167 cm³/mol. The Morgan fingerprint density at radius 2 is 0.974 bits per heavy atom. The van der Waals surface area contributed by atoms with Crippen LogP contribution in [0.4, 0.5) is 0 Å². The molecule has 1 saturated carbocycles. The minimum atomic E-state index is 0. The van der Waals surface area contributed by atoms with Gasteiger partial charge >= 0.3 is 25.8 Å². The zero-order valence-electron chi connectivity index (χ0n) is 22.3. The van der Waals surface area contributed by atoms with Crippen molar-refractivity contribution in [2.24, 2.45) is 0 Å². The number of hydrogen-bond donors (Lipinski definition) is 0. The fourth-order valence-electron chi connectivity index (χ4n) is 6.06. The maximum atomic E-state index is 6.16. The topological polar surface area (TPSA) is 0 Å². The molecule has 0 unspecified atom stereocenters. The van der Waals surface area contributed by atoms with Crippen molar-refractivity contribution < 1.29 is 25.8 Å². The first-order valence-electron chi connectivity index (χ1n) is 12.5. The van der Waals surface area contributed by atoms with Gasteiger partial charge in [-0.25, -0.2) is 0 Å². The van der Waals surface area contributed by atoms with E-state index in [1.807, 2.05) is 24.3 Å². The minimum absolute atomic E-state index is 0. The van der Waals surface area contributed by atoms with Crippen LogP contribution in [0.5, 0.6) is 0 Å². The summed E-state index contributed by atoms with van der Waals surface area (Å²) in [6, 6.07) is 39.3. The molecule has 0 heterocycles. The van der Waals surface area contributed by atoms with Crippen LogP contribution in [0.2, 0.25) is 10.0 Å². The van der Waals surface area contributed by atoms with E-state index in [-0.39, 0.29) is 46.1 Å². The van der Waals surface area contributed by atoms with E-state index < -0.39 is 0 Å². The molecule has 39 heavy (non-hydrogen) atoms. The number of rotatable bonds is 4. The van der Waals surface area contributed by atoms with Crippen LogP contribution in [-0.2, 0) is 31.3 Å². The molecule has 6 aromatic rings. The number of hydrogen-bond acceptors (Lipinski definition) is 0. The number of halogens is 2. The van der Waals surface area contributed by atoms with Crippen LogP contribution in [-0.4, -0.2) is 0 Å². The Bertz CT molecular complexity index is 1590. The fraction of sp³-hybridized carbons (Fsp3) is 0.111. The molecular formula is C36H30Cl2Hf. The maximum Gasteiger partial charge on any atom is 4.00 e. The van der Waals surface area contributed by atoms with Gasteiger partial charge in [-0.15, -0.1) is 69.1 Å². The summed E-state index contributed by atoms with van der Waals surface area (Å²) >= 11 is 12.3. The second kappa shape index (κ2) is 11.6. The Morgan fingerprint density at radius 3 is 1.33 bits per heavy atom. The normalized spacial score (nSPS) is 13.7. The molecule has 6 aromatic carbocycles. The van der Waals surface area contributed by atoms with Crippen molar-refractivity contribution in [3.05, 3.63) is 145 Å². The van der Waals surface area contributed by atoms with Gasteiger partial charge in [-0.1, -0.05) is 77.1 Å². The van der Waals surface area contributed by atoms with Gasteiger partial charge in [-0.05, 0) is 53.6 Å². The van der Waals surface area contributed by atoms with Crippen LogP contribution in [0, 0.1) is 14.9 Å². The van der Waals surface area contributed by atoms with Gasteiger partial charge in [0, 0.05) is 10.0 Å². The summed E-state index contributed by atoms with van der Waals surface area (Å²) in [5, 5.41) is 6.79. The summed E-state index contributed by atoms with van der Waals surface area (Å²) in [6.07, 6.45) is 3.63. The third-order valence-corrected chi connectivity index (χ3v) is 8.63. The van der Waals surface area contributed by atoms with Crippen LogP contribution in [0.25, 0.3) is 43.8 Å². The second-order valence-corrected chi connectivity index (χ2v) is 10.9. The van der Waals surface area contributed by atoms with E-state index in [1.165, 1.54) is 74.2 Å². The second-order valence-electron chi connectivity index (χ2n) is 10.1. The standard InChI is InChI=1S/C34H24Cl2.2CH3.Hf/c35-28-12-8-22(9-13-28)30-6-1-4-24-18-26(20-32(24)30)34(16-3-17-34)27-19-25-5-2-7-31(33(25)21-27)23-10-14-29(36)15-11-23;;;/h1-2,4-15,18-21H,3,16-17H2;2*1H3;/q-2;2*-1;+4. The predicted octanol–water partition coefficient (Wildman–Crippen LogP) is 11.4. The maximum absolute atomic E-state index is 6.16. The van der Waals surface area contributed by atoms with E-state index in [9.17, 15) is 0 Å². The van der Waals surface area contributed by atoms with Crippen molar-refractivity contribution >= 4 is 44.7 Å². The van der Waals surface area contributed by atoms with Gasteiger partial charge in [0.1, 0.15) is 0 Å². The monoisotopic (exact) mass is 712 g/mol. The van der Waals surface area contributed by atoms with Crippen molar-refractivity contribution in [2.45, 2.75) is 24.7 Å². The quantitative estimate of drug-likeness (QED) is 0.126. The average molecular weight is 712 g/mol. The first kappa shape index (κ1) is 29.5. The van der Waals surface area contributed by atoms with Crippen molar-refractivity contribution in [1.82, 2.24) is 0 Å². The van der Waals surface area contributed by atoms with Crippen LogP contribution < -0.4 is 0 Å². The van der Waals surface area contributed by atoms with Gasteiger partial charge in [-0.3, -0.25) is 0 Å². The molecule has 0 aromatic heterocycles.